The van der Waals surface area contributed by atoms with Crippen molar-refractivity contribution in [2.24, 2.45) is 5.41 Å². The van der Waals surface area contributed by atoms with Crippen LogP contribution in [0.4, 0.5) is 0 Å². The molecule has 1 aliphatic heterocycles. The van der Waals surface area contributed by atoms with Crippen molar-refractivity contribution in [3.05, 3.63) is 0 Å². The highest BCUT2D eigenvalue weighted by Gasteiger charge is 2.44. The highest BCUT2D eigenvalue weighted by atomic mass is 16.5. The largest absolute Gasteiger partial charge is 0.389 e. The zero-order valence-corrected chi connectivity index (χ0v) is 12.1. The first kappa shape index (κ1) is 14.3. The molecule has 18 heavy (non-hydrogen) atoms. The number of nitrogens with zero attached hydrogens (tertiary/aromatic N) is 1. The van der Waals surface area contributed by atoms with Crippen molar-refractivity contribution in [3.8, 4) is 0 Å². The molecule has 3 nitrogen and oxygen atoms in total. The first-order chi connectivity index (χ1) is 8.55. The molecule has 3 heteroatoms. The van der Waals surface area contributed by atoms with E-state index in [-0.39, 0.29) is 0 Å². The van der Waals surface area contributed by atoms with E-state index in [0.29, 0.717) is 12.0 Å². The van der Waals surface area contributed by atoms with E-state index < -0.39 is 5.60 Å². The molecule has 0 aromatic heterocycles. The molecular formula is C15H29NO2. The van der Waals surface area contributed by atoms with Gasteiger partial charge in [0.2, 0.25) is 0 Å². The van der Waals surface area contributed by atoms with E-state index >= 15 is 0 Å². The summed E-state index contributed by atoms with van der Waals surface area (Å²) in [6.07, 6.45) is 9.21. The van der Waals surface area contributed by atoms with Gasteiger partial charge in [0, 0.05) is 39.8 Å². The van der Waals surface area contributed by atoms with Crippen LogP contribution in [0.25, 0.3) is 0 Å². The van der Waals surface area contributed by atoms with Crippen LogP contribution in [0.1, 0.15) is 51.9 Å². The van der Waals surface area contributed by atoms with Gasteiger partial charge in [-0.15, -0.1) is 0 Å². The number of rotatable bonds is 5. The Morgan fingerprint density at radius 1 is 1.17 bits per heavy atom. The second-order valence-electron chi connectivity index (χ2n) is 6.80. The van der Waals surface area contributed by atoms with Crippen molar-refractivity contribution in [1.82, 2.24) is 4.90 Å². The SMILES string of the molecule is COCCC(C)(O)CN1CC2(CCCCCC2)C1. The van der Waals surface area contributed by atoms with Crippen molar-refractivity contribution in [3.63, 3.8) is 0 Å². The fourth-order valence-electron chi connectivity index (χ4n) is 3.69. The monoisotopic (exact) mass is 255 g/mol. The van der Waals surface area contributed by atoms with Crippen molar-refractivity contribution < 1.29 is 9.84 Å². The molecule has 1 N–H and O–H groups in total. The third-order valence-electron chi connectivity index (χ3n) is 4.69. The highest BCUT2D eigenvalue weighted by molar-refractivity contribution is 4.97. The number of β-amino-alcohol motifs (C(OH)–C–C–N with tert-alkyl or cyclic N) is 1. The topological polar surface area (TPSA) is 32.7 Å². The molecule has 1 saturated carbocycles. The molecule has 1 atom stereocenters. The fraction of sp³-hybridized carbons (Fsp3) is 1.00. The minimum absolute atomic E-state index is 0.595. The Kier molecular flexibility index (Phi) is 4.68. The van der Waals surface area contributed by atoms with E-state index in [1.165, 1.54) is 51.6 Å². The van der Waals surface area contributed by atoms with Crippen molar-refractivity contribution in [2.75, 3.05) is 33.4 Å². The zero-order chi connectivity index (χ0) is 13.1. The van der Waals surface area contributed by atoms with E-state index in [1.54, 1.807) is 7.11 Å². The number of ether oxygens (including phenoxy) is 1. The summed E-state index contributed by atoms with van der Waals surface area (Å²) < 4.78 is 5.06. The van der Waals surface area contributed by atoms with Gasteiger partial charge in [-0.3, -0.25) is 4.90 Å². The van der Waals surface area contributed by atoms with Crippen LogP contribution in [0.3, 0.4) is 0 Å². The van der Waals surface area contributed by atoms with Gasteiger partial charge in [-0.1, -0.05) is 25.7 Å². The van der Waals surface area contributed by atoms with Crippen molar-refractivity contribution >= 4 is 0 Å². The van der Waals surface area contributed by atoms with Gasteiger partial charge in [-0.25, -0.2) is 0 Å². The van der Waals surface area contributed by atoms with E-state index in [9.17, 15) is 5.11 Å². The van der Waals surface area contributed by atoms with Crippen LogP contribution in [-0.4, -0.2) is 49.0 Å². The van der Waals surface area contributed by atoms with E-state index in [0.717, 1.165) is 13.0 Å². The molecule has 106 valence electrons. The van der Waals surface area contributed by atoms with E-state index in [4.69, 9.17) is 4.74 Å². The second-order valence-corrected chi connectivity index (χ2v) is 6.80. The first-order valence-electron chi connectivity index (χ1n) is 7.49. The van der Waals surface area contributed by atoms with Gasteiger partial charge in [0.1, 0.15) is 0 Å². The zero-order valence-electron chi connectivity index (χ0n) is 12.1. The van der Waals surface area contributed by atoms with Crippen LogP contribution in [0.5, 0.6) is 0 Å². The van der Waals surface area contributed by atoms with E-state index in [2.05, 4.69) is 4.90 Å². The Balaban J connectivity index is 1.74. The summed E-state index contributed by atoms with van der Waals surface area (Å²) in [6.45, 7) is 5.79. The molecule has 0 bridgehead atoms. The van der Waals surface area contributed by atoms with Crippen LogP contribution in [0, 0.1) is 5.41 Å². The molecular weight excluding hydrogens is 226 g/mol. The number of likely N-dealkylation sites (tertiary alicyclic amines) is 1. The van der Waals surface area contributed by atoms with Gasteiger partial charge >= 0.3 is 0 Å². The Morgan fingerprint density at radius 2 is 1.78 bits per heavy atom. The summed E-state index contributed by atoms with van der Waals surface area (Å²) in [6, 6.07) is 0. The van der Waals surface area contributed by atoms with E-state index in [1.807, 2.05) is 6.92 Å². The molecule has 2 fully saturated rings. The fourth-order valence-corrected chi connectivity index (χ4v) is 3.69. The molecule has 2 aliphatic rings. The molecule has 1 unspecified atom stereocenters. The third-order valence-corrected chi connectivity index (χ3v) is 4.69. The Labute approximate surface area is 112 Å². The molecule has 1 saturated heterocycles. The number of methoxy groups -OCH3 is 1. The molecule has 1 aliphatic carbocycles. The standard InChI is InChI=1S/C15H29NO2/c1-14(17,9-10-18-2)11-16-12-15(13-16)7-5-3-4-6-8-15/h17H,3-13H2,1-2H3. The van der Waals surface area contributed by atoms with Gasteiger partial charge in [0.25, 0.3) is 0 Å². The first-order valence-corrected chi connectivity index (χ1v) is 7.49. The maximum Gasteiger partial charge on any atom is 0.0768 e. The van der Waals surface area contributed by atoms with Crippen LogP contribution in [0.2, 0.25) is 0 Å². The molecule has 2 rings (SSSR count). The molecule has 0 aromatic carbocycles. The Hall–Kier alpha value is -0.120. The Morgan fingerprint density at radius 3 is 2.33 bits per heavy atom. The number of hydrogen-bond acceptors (Lipinski definition) is 3. The number of aliphatic hydroxyl groups is 1. The summed E-state index contributed by atoms with van der Waals surface area (Å²) in [7, 11) is 1.69. The maximum absolute atomic E-state index is 10.3. The minimum Gasteiger partial charge on any atom is -0.389 e. The lowest BCUT2D eigenvalue weighted by Gasteiger charge is -2.52. The second kappa shape index (κ2) is 5.89. The summed E-state index contributed by atoms with van der Waals surface area (Å²) in [5.74, 6) is 0. The van der Waals surface area contributed by atoms with Gasteiger partial charge in [0.05, 0.1) is 5.60 Å². The maximum atomic E-state index is 10.3. The highest BCUT2D eigenvalue weighted by Crippen LogP contribution is 2.43. The van der Waals surface area contributed by atoms with Gasteiger partial charge in [-0.05, 0) is 25.2 Å². The van der Waals surface area contributed by atoms with Gasteiger partial charge in [-0.2, -0.15) is 0 Å². The summed E-state index contributed by atoms with van der Waals surface area (Å²) >= 11 is 0. The Bertz CT molecular complexity index is 249. The smallest absolute Gasteiger partial charge is 0.0768 e. The van der Waals surface area contributed by atoms with Gasteiger partial charge < -0.3 is 9.84 Å². The predicted molar refractivity (Wildman–Crippen MR) is 73.7 cm³/mol. The summed E-state index contributed by atoms with van der Waals surface area (Å²) in [5.41, 5.74) is 0.0101. The molecule has 0 radical (unpaired) electrons. The summed E-state index contributed by atoms with van der Waals surface area (Å²) in [4.78, 5) is 2.43. The van der Waals surface area contributed by atoms with Crippen molar-refractivity contribution in [1.29, 1.82) is 0 Å². The molecule has 1 spiro atoms. The summed E-state index contributed by atoms with van der Waals surface area (Å²) in [5, 5.41) is 10.3. The van der Waals surface area contributed by atoms with Crippen LogP contribution >= 0.6 is 0 Å². The van der Waals surface area contributed by atoms with Gasteiger partial charge in [0.15, 0.2) is 0 Å². The van der Waals surface area contributed by atoms with Crippen LogP contribution in [-0.2, 0) is 4.74 Å². The van der Waals surface area contributed by atoms with Crippen LogP contribution < -0.4 is 0 Å². The molecule has 0 aromatic rings. The average molecular weight is 255 g/mol. The normalized spacial score (nSPS) is 27.5. The molecule has 0 amide bonds. The van der Waals surface area contributed by atoms with Crippen molar-refractivity contribution in [2.45, 2.75) is 57.5 Å². The number of hydrogen-bond donors (Lipinski definition) is 1. The predicted octanol–water partition coefficient (Wildman–Crippen LogP) is 2.43. The molecule has 1 heterocycles. The quantitative estimate of drug-likeness (QED) is 0.819. The third kappa shape index (κ3) is 3.69. The lowest BCUT2D eigenvalue weighted by molar-refractivity contribution is -0.0750. The minimum atomic E-state index is -0.595. The van der Waals surface area contributed by atoms with Crippen LogP contribution in [0.15, 0.2) is 0 Å². The lowest BCUT2D eigenvalue weighted by Crippen LogP contribution is -2.59. The lowest BCUT2D eigenvalue weighted by atomic mass is 9.73. The average Bonchev–Trinajstić information content (AvgIpc) is 2.51.